The first-order valence-corrected chi connectivity index (χ1v) is 6.73. The molecule has 0 spiro atoms. The normalized spacial score (nSPS) is 19.9. The fourth-order valence-corrected chi connectivity index (χ4v) is 2.61. The highest BCUT2D eigenvalue weighted by Gasteiger charge is 2.19. The van der Waals surface area contributed by atoms with Crippen molar-refractivity contribution in [1.29, 1.82) is 0 Å². The molecule has 2 heterocycles. The molecule has 19 heavy (non-hydrogen) atoms. The third kappa shape index (κ3) is 2.41. The lowest BCUT2D eigenvalue weighted by Crippen LogP contribution is -2.41. The van der Waals surface area contributed by atoms with Crippen LogP contribution in [0, 0.1) is 0 Å². The number of para-hydroxylation sites is 1. The summed E-state index contributed by atoms with van der Waals surface area (Å²) < 4.78 is 5.62. The minimum absolute atomic E-state index is 0.266. The van der Waals surface area contributed by atoms with Gasteiger partial charge in [0.05, 0.1) is 23.9 Å². The van der Waals surface area contributed by atoms with Gasteiger partial charge in [0, 0.05) is 30.7 Å². The summed E-state index contributed by atoms with van der Waals surface area (Å²) in [7, 11) is 0. The summed E-state index contributed by atoms with van der Waals surface area (Å²) in [6.45, 7) is 5.19. The molecule has 1 saturated heterocycles. The van der Waals surface area contributed by atoms with E-state index in [1.165, 1.54) is 11.1 Å². The van der Waals surface area contributed by atoms with Gasteiger partial charge in [0.15, 0.2) is 0 Å². The molecule has 4 nitrogen and oxygen atoms in total. The molecule has 100 valence electrons. The van der Waals surface area contributed by atoms with Gasteiger partial charge in [-0.25, -0.2) is 0 Å². The summed E-state index contributed by atoms with van der Waals surface area (Å²) in [5, 5.41) is 1.19. The molecule has 1 aliphatic heterocycles. The van der Waals surface area contributed by atoms with Gasteiger partial charge in [-0.05, 0) is 19.1 Å². The number of morpholine rings is 1. The molecule has 0 amide bonds. The van der Waals surface area contributed by atoms with Crippen molar-refractivity contribution in [3.63, 3.8) is 0 Å². The lowest BCUT2D eigenvalue weighted by Gasteiger charge is -2.33. The second-order valence-electron chi connectivity index (χ2n) is 4.98. The summed E-state index contributed by atoms with van der Waals surface area (Å²) in [6, 6.07) is 10.3. The first kappa shape index (κ1) is 12.4. The average Bonchev–Trinajstić information content (AvgIpc) is 2.46. The molecule has 0 radical (unpaired) electrons. The molecule has 1 unspecified atom stereocenters. The Kier molecular flexibility index (Phi) is 3.36. The zero-order valence-electron chi connectivity index (χ0n) is 11.2. The van der Waals surface area contributed by atoms with Crippen molar-refractivity contribution < 1.29 is 4.74 Å². The number of rotatable bonds is 2. The van der Waals surface area contributed by atoms with Gasteiger partial charge in [-0.1, -0.05) is 18.2 Å². The van der Waals surface area contributed by atoms with Gasteiger partial charge in [-0.15, -0.1) is 0 Å². The van der Waals surface area contributed by atoms with Crippen LogP contribution in [0.25, 0.3) is 10.9 Å². The van der Waals surface area contributed by atoms with E-state index in [-0.39, 0.29) is 6.10 Å². The van der Waals surface area contributed by atoms with Gasteiger partial charge >= 0.3 is 0 Å². The number of ether oxygens (including phenoxy) is 1. The number of aromatic nitrogens is 1. The molecule has 1 aromatic carbocycles. The number of hydrogen-bond donors (Lipinski definition) is 1. The van der Waals surface area contributed by atoms with Crippen LogP contribution in [0.3, 0.4) is 0 Å². The predicted octanol–water partition coefficient (Wildman–Crippen LogP) is 1.92. The van der Waals surface area contributed by atoms with Crippen LogP contribution in [-0.4, -0.2) is 30.8 Å². The largest absolute Gasteiger partial charge is 0.375 e. The van der Waals surface area contributed by atoms with E-state index >= 15 is 0 Å². The molecular weight excluding hydrogens is 238 g/mol. The van der Waals surface area contributed by atoms with E-state index in [0.717, 1.165) is 30.9 Å². The molecular formula is C15H19N3O. The molecule has 1 aliphatic rings. The molecule has 1 atom stereocenters. The monoisotopic (exact) mass is 257 g/mol. The number of pyridine rings is 1. The Balaban J connectivity index is 2.10. The molecule has 3 rings (SSSR count). The molecule has 0 saturated carbocycles. The molecule has 1 fully saturated rings. The van der Waals surface area contributed by atoms with Crippen LogP contribution in [0.15, 0.2) is 30.3 Å². The van der Waals surface area contributed by atoms with Crippen LogP contribution < -0.4 is 10.6 Å². The Bertz CT molecular complexity index is 585. The predicted molar refractivity (Wildman–Crippen MR) is 77.3 cm³/mol. The van der Waals surface area contributed by atoms with Crippen molar-refractivity contribution in [2.24, 2.45) is 5.73 Å². The fourth-order valence-electron chi connectivity index (χ4n) is 2.61. The Labute approximate surface area is 113 Å². The quantitative estimate of drug-likeness (QED) is 0.893. The van der Waals surface area contributed by atoms with Crippen molar-refractivity contribution in [3.8, 4) is 0 Å². The second-order valence-corrected chi connectivity index (χ2v) is 4.98. The van der Waals surface area contributed by atoms with Gasteiger partial charge in [0.25, 0.3) is 0 Å². The molecule has 1 aromatic heterocycles. The first-order chi connectivity index (χ1) is 9.28. The van der Waals surface area contributed by atoms with Gasteiger partial charge in [-0.2, -0.15) is 0 Å². The molecule has 2 N–H and O–H groups in total. The minimum atomic E-state index is 0.266. The number of nitrogens with two attached hydrogens (primary N) is 1. The Morgan fingerprint density at radius 1 is 1.42 bits per heavy atom. The summed E-state index contributed by atoms with van der Waals surface area (Å²) in [6.07, 6.45) is 0.266. The van der Waals surface area contributed by atoms with Crippen LogP contribution in [0.1, 0.15) is 12.6 Å². The van der Waals surface area contributed by atoms with E-state index in [4.69, 9.17) is 10.5 Å². The molecule has 2 aromatic rings. The maximum atomic E-state index is 5.76. The highest BCUT2D eigenvalue weighted by molar-refractivity contribution is 5.92. The number of hydrogen-bond acceptors (Lipinski definition) is 4. The first-order valence-electron chi connectivity index (χ1n) is 6.73. The molecule has 4 heteroatoms. The van der Waals surface area contributed by atoms with E-state index < -0.39 is 0 Å². The highest BCUT2D eigenvalue weighted by atomic mass is 16.5. The number of benzene rings is 1. The molecule has 0 aliphatic carbocycles. The second kappa shape index (κ2) is 5.15. The standard InChI is InChI=1S/C15H19N3O/c1-11-10-18(6-7-19-11)15-8-12(9-16)17-14-5-3-2-4-13(14)15/h2-5,8,11H,6-7,9-10,16H2,1H3. The fraction of sp³-hybridized carbons (Fsp3) is 0.400. The van der Waals surface area contributed by atoms with Crippen LogP contribution in [0.5, 0.6) is 0 Å². The zero-order valence-corrected chi connectivity index (χ0v) is 11.2. The van der Waals surface area contributed by atoms with Crippen molar-refractivity contribution >= 4 is 16.6 Å². The van der Waals surface area contributed by atoms with Gasteiger partial charge in [-0.3, -0.25) is 4.98 Å². The highest BCUT2D eigenvalue weighted by Crippen LogP contribution is 2.28. The third-order valence-electron chi connectivity index (χ3n) is 3.54. The minimum Gasteiger partial charge on any atom is -0.375 e. The summed E-state index contributed by atoms with van der Waals surface area (Å²) in [4.78, 5) is 6.96. The maximum Gasteiger partial charge on any atom is 0.0726 e. The lowest BCUT2D eigenvalue weighted by molar-refractivity contribution is 0.0533. The SMILES string of the molecule is CC1CN(c2cc(CN)nc3ccccc23)CCO1. The van der Waals surface area contributed by atoms with Crippen molar-refractivity contribution in [3.05, 3.63) is 36.0 Å². The van der Waals surface area contributed by atoms with E-state index in [1.54, 1.807) is 0 Å². The van der Waals surface area contributed by atoms with Gasteiger partial charge in [0.1, 0.15) is 0 Å². The summed E-state index contributed by atoms with van der Waals surface area (Å²) in [5.41, 5.74) is 8.94. The number of nitrogens with zero attached hydrogens (tertiary/aromatic N) is 2. The smallest absolute Gasteiger partial charge is 0.0726 e. The number of anilines is 1. The Morgan fingerprint density at radius 3 is 3.05 bits per heavy atom. The number of fused-ring (bicyclic) bond motifs is 1. The topological polar surface area (TPSA) is 51.4 Å². The van der Waals surface area contributed by atoms with Gasteiger partial charge in [0.2, 0.25) is 0 Å². The van der Waals surface area contributed by atoms with Crippen LogP contribution >= 0.6 is 0 Å². The Morgan fingerprint density at radius 2 is 2.26 bits per heavy atom. The van der Waals surface area contributed by atoms with Gasteiger partial charge < -0.3 is 15.4 Å². The zero-order chi connectivity index (χ0) is 13.2. The van der Waals surface area contributed by atoms with E-state index in [0.29, 0.717) is 6.54 Å². The van der Waals surface area contributed by atoms with Crippen LogP contribution in [0.4, 0.5) is 5.69 Å². The molecule has 0 bridgehead atoms. The van der Waals surface area contributed by atoms with Crippen molar-refractivity contribution in [1.82, 2.24) is 4.98 Å². The maximum absolute atomic E-state index is 5.76. The van der Waals surface area contributed by atoms with Crippen LogP contribution in [0.2, 0.25) is 0 Å². The van der Waals surface area contributed by atoms with E-state index in [9.17, 15) is 0 Å². The van der Waals surface area contributed by atoms with E-state index in [1.807, 2.05) is 12.1 Å². The summed E-state index contributed by atoms with van der Waals surface area (Å²) >= 11 is 0. The lowest BCUT2D eigenvalue weighted by atomic mass is 10.1. The Hall–Kier alpha value is -1.65. The van der Waals surface area contributed by atoms with Crippen molar-refractivity contribution in [2.45, 2.75) is 19.6 Å². The average molecular weight is 257 g/mol. The van der Waals surface area contributed by atoms with Crippen LogP contribution in [-0.2, 0) is 11.3 Å². The van der Waals surface area contributed by atoms with Crippen molar-refractivity contribution in [2.75, 3.05) is 24.6 Å². The summed E-state index contributed by atoms with van der Waals surface area (Å²) in [5.74, 6) is 0. The third-order valence-corrected chi connectivity index (χ3v) is 3.54. The van der Waals surface area contributed by atoms with E-state index in [2.05, 4.69) is 35.0 Å².